The van der Waals surface area contributed by atoms with Gasteiger partial charge >= 0.3 is 0 Å². The van der Waals surface area contributed by atoms with Gasteiger partial charge in [0.05, 0.1) is 12.2 Å². The Morgan fingerprint density at radius 1 is 1.18 bits per heavy atom. The average Bonchev–Trinajstić information content (AvgIpc) is 2.70. The van der Waals surface area contributed by atoms with E-state index in [1.165, 1.54) is 0 Å². The number of hydrogen-bond acceptors (Lipinski definition) is 4. The Labute approximate surface area is 166 Å². The first kappa shape index (κ1) is 21.7. The number of nitrogens with one attached hydrogen (secondary N) is 3. The van der Waals surface area contributed by atoms with E-state index >= 15 is 0 Å². The van der Waals surface area contributed by atoms with E-state index in [1.807, 2.05) is 13.0 Å². The van der Waals surface area contributed by atoms with Gasteiger partial charge in [0.25, 0.3) is 5.91 Å². The number of benzene rings is 1. The van der Waals surface area contributed by atoms with E-state index < -0.39 is 6.04 Å². The topological polar surface area (TPSA) is 96.5 Å². The molecule has 3 amide bonds. The Bertz CT molecular complexity index is 663. The Balaban J connectivity index is 2.16. The summed E-state index contributed by atoms with van der Waals surface area (Å²) in [5.74, 6) is -0.238. The minimum absolute atomic E-state index is 0.0987. The molecule has 0 aliphatic carbocycles. The minimum atomic E-state index is -0.772. The van der Waals surface area contributed by atoms with Crippen molar-refractivity contribution >= 4 is 17.7 Å². The van der Waals surface area contributed by atoms with Crippen LogP contribution in [0.1, 0.15) is 62.2 Å². The summed E-state index contributed by atoms with van der Waals surface area (Å²) >= 11 is 0. The van der Waals surface area contributed by atoms with Gasteiger partial charge in [-0.25, -0.2) is 0 Å². The second kappa shape index (κ2) is 12.0. The molecule has 0 spiro atoms. The molecule has 1 aromatic rings. The van der Waals surface area contributed by atoms with Crippen molar-refractivity contribution in [1.29, 1.82) is 0 Å². The van der Waals surface area contributed by atoms with Crippen molar-refractivity contribution in [3.63, 3.8) is 0 Å². The molecule has 0 bridgehead atoms. The van der Waals surface area contributed by atoms with Crippen LogP contribution in [0.2, 0.25) is 0 Å². The molecule has 7 nitrogen and oxygen atoms in total. The predicted octanol–water partition coefficient (Wildman–Crippen LogP) is 2.16. The summed E-state index contributed by atoms with van der Waals surface area (Å²) in [7, 11) is 0. The van der Waals surface area contributed by atoms with Gasteiger partial charge in [-0.3, -0.25) is 14.4 Å². The van der Waals surface area contributed by atoms with Crippen LogP contribution in [0.25, 0.3) is 0 Å². The molecule has 28 heavy (non-hydrogen) atoms. The molecule has 1 aromatic carbocycles. The number of fused-ring (bicyclic) bond motifs is 1. The molecule has 0 fully saturated rings. The lowest BCUT2D eigenvalue weighted by atomic mass is 10.1. The highest BCUT2D eigenvalue weighted by Gasteiger charge is 2.23. The standard InChI is InChI=1S/C21H31N3O4/c1-2-13-23-21(27)17-11-12-19(25)22-14-7-3-4-8-15-28-18-10-6-5-9-16(18)20(26)24-17/h5-6,9-10,17H,2-4,7-8,11-15H2,1H3,(H,22,25)(H,23,27)(H,24,26)/t17-/m0/s1. The summed E-state index contributed by atoms with van der Waals surface area (Å²) in [5, 5.41) is 8.45. The van der Waals surface area contributed by atoms with E-state index in [0.29, 0.717) is 31.0 Å². The van der Waals surface area contributed by atoms with Gasteiger partial charge in [-0.05, 0) is 37.8 Å². The molecule has 1 atom stereocenters. The van der Waals surface area contributed by atoms with Gasteiger partial charge in [0, 0.05) is 19.5 Å². The molecular weight excluding hydrogens is 358 g/mol. The number of carbonyl (C=O) groups excluding carboxylic acids is 3. The van der Waals surface area contributed by atoms with Crippen molar-refractivity contribution in [1.82, 2.24) is 16.0 Å². The van der Waals surface area contributed by atoms with Crippen LogP contribution in [0.5, 0.6) is 5.75 Å². The van der Waals surface area contributed by atoms with Crippen LogP contribution in [0.4, 0.5) is 0 Å². The number of rotatable bonds is 3. The largest absolute Gasteiger partial charge is 0.493 e. The summed E-state index contributed by atoms with van der Waals surface area (Å²) in [5.41, 5.74) is 0.396. The number of para-hydroxylation sites is 1. The first-order chi connectivity index (χ1) is 13.6. The molecule has 1 heterocycles. The first-order valence-electron chi connectivity index (χ1n) is 10.2. The maximum atomic E-state index is 12.8. The zero-order valence-corrected chi connectivity index (χ0v) is 16.6. The van der Waals surface area contributed by atoms with Gasteiger partial charge in [-0.2, -0.15) is 0 Å². The van der Waals surface area contributed by atoms with Crippen molar-refractivity contribution in [3.8, 4) is 5.75 Å². The van der Waals surface area contributed by atoms with Crippen LogP contribution in [0.15, 0.2) is 24.3 Å². The van der Waals surface area contributed by atoms with Gasteiger partial charge in [-0.15, -0.1) is 0 Å². The van der Waals surface area contributed by atoms with E-state index in [2.05, 4.69) is 16.0 Å². The van der Waals surface area contributed by atoms with Crippen molar-refractivity contribution in [2.24, 2.45) is 0 Å². The van der Waals surface area contributed by atoms with Crippen LogP contribution < -0.4 is 20.7 Å². The summed E-state index contributed by atoms with van der Waals surface area (Å²) in [4.78, 5) is 37.3. The van der Waals surface area contributed by atoms with E-state index in [1.54, 1.807) is 18.2 Å². The van der Waals surface area contributed by atoms with E-state index in [-0.39, 0.29) is 30.6 Å². The highest BCUT2D eigenvalue weighted by Crippen LogP contribution is 2.19. The van der Waals surface area contributed by atoms with Crippen LogP contribution in [-0.4, -0.2) is 43.5 Å². The van der Waals surface area contributed by atoms with Gasteiger partial charge < -0.3 is 20.7 Å². The highest BCUT2D eigenvalue weighted by molar-refractivity contribution is 5.99. The van der Waals surface area contributed by atoms with E-state index in [4.69, 9.17) is 4.74 Å². The van der Waals surface area contributed by atoms with Gasteiger partial charge in [0.1, 0.15) is 11.8 Å². The fourth-order valence-corrected chi connectivity index (χ4v) is 3.01. The number of hydrogen-bond donors (Lipinski definition) is 3. The second-order valence-electron chi connectivity index (χ2n) is 6.96. The third kappa shape index (κ3) is 7.21. The summed E-state index contributed by atoms with van der Waals surface area (Å²) in [6, 6.07) is 6.25. The fraction of sp³-hybridized carbons (Fsp3) is 0.571. The molecule has 0 radical (unpaired) electrons. The molecule has 0 aromatic heterocycles. The molecule has 2 rings (SSSR count). The molecule has 0 saturated carbocycles. The number of amides is 3. The summed E-state index contributed by atoms with van der Waals surface area (Å²) < 4.78 is 5.81. The highest BCUT2D eigenvalue weighted by atomic mass is 16.5. The van der Waals surface area contributed by atoms with E-state index in [9.17, 15) is 14.4 Å². The van der Waals surface area contributed by atoms with Crippen LogP contribution in [-0.2, 0) is 9.59 Å². The van der Waals surface area contributed by atoms with Crippen molar-refractivity contribution in [2.75, 3.05) is 19.7 Å². The zero-order chi connectivity index (χ0) is 20.2. The smallest absolute Gasteiger partial charge is 0.255 e. The molecule has 3 N–H and O–H groups in total. The summed E-state index contributed by atoms with van der Waals surface area (Å²) in [6.07, 6.45) is 5.03. The third-order valence-electron chi connectivity index (χ3n) is 4.61. The fourth-order valence-electron chi connectivity index (χ4n) is 3.01. The Hall–Kier alpha value is -2.57. The SMILES string of the molecule is CCCNC(=O)[C@@H]1CCC(=O)NCCCCCCOc2ccccc2C(=O)N1. The minimum Gasteiger partial charge on any atom is -0.493 e. The molecule has 7 heteroatoms. The van der Waals surface area contributed by atoms with Crippen LogP contribution in [0, 0.1) is 0 Å². The summed E-state index contributed by atoms with van der Waals surface area (Å²) in [6.45, 7) is 3.63. The normalized spacial score (nSPS) is 19.5. The molecule has 1 aliphatic rings. The lowest BCUT2D eigenvalue weighted by Crippen LogP contribution is -2.47. The number of ether oxygens (including phenoxy) is 1. The average molecular weight is 389 g/mol. The lowest BCUT2D eigenvalue weighted by Gasteiger charge is -2.19. The first-order valence-corrected chi connectivity index (χ1v) is 10.2. The molecule has 154 valence electrons. The molecular formula is C21H31N3O4. The third-order valence-corrected chi connectivity index (χ3v) is 4.61. The molecule has 1 aliphatic heterocycles. The molecule has 0 saturated heterocycles. The van der Waals surface area contributed by atoms with Crippen molar-refractivity contribution < 1.29 is 19.1 Å². The monoisotopic (exact) mass is 389 g/mol. The molecule has 0 unspecified atom stereocenters. The van der Waals surface area contributed by atoms with Gasteiger partial charge in [0.2, 0.25) is 11.8 Å². The Kier molecular flexibility index (Phi) is 9.31. The van der Waals surface area contributed by atoms with Gasteiger partial charge in [0.15, 0.2) is 0 Å². The van der Waals surface area contributed by atoms with Crippen LogP contribution >= 0.6 is 0 Å². The predicted molar refractivity (Wildman–Crippen MR) is 107 cm³/mol. The second-order valence-corrected chi connectivity index (χ2v) is 6.96. The van der Waals surface area contributed by atoms with E-state index in [0.717, 1.165) is 32.1 Å². The Morgan fingerprint density at radius 2 is 1.96 bits per heavy atom. The zero-order valence-electron chi connectivity index (χ0n) is 16.6. The maximum Gasteiger partial charge on any atom is 0.255 e. The quantitative estimate of drug-likeness (QED) is 0.738. The van der Waals surface area contributed by atoms with Crippen molar-refractivity contribution in [3.05, 3.63) is 29.8 Å². The Morgan fingerprint density at radius 3 is 2.79 bits per heavy atom. The van der Waals surface area contributed by atoms with Crippen LogP contribution in [0.3, 0.4) is 0 Å². The van der Waals surface area contributed by atoms with Crippen molar-refractivity contribution in [2.45, 2.75) is 57.9 Å². The maximum absolute atomic E-state index is 12.8. The number of carbonyl (C=O) groups is 3. The van der Waals surface area contributed by atoms with Gasteiger partial charge in [-0.1, -0.05) is 31.9 Å². The lowest BCUT2D eigenvalue weighted by molar-refractivity contribution is -0.124.